The van der Waals surface area contributed by atoms with Gasteiger partial charge < -0.3 is 5.73 Å². The number of fused-ring (bicyclic) bond motifs is 1. The molecule has 0 saturated carbocycles. The molecular weight excluding hydrogens is 285 g/mol. The molecule has 1 unspecified atom stereocenters. The lowest BCUT2D eigenvalue weighted by molar-refractivity contribution is 0.596. The van der Waals surface area contributed by atoms with Gasteiger partial charge in [0.15, 0.2) is 0 Å². The largest absolute Gasteiger partial charge is 0.399 e. The quantitative estimate of drug-likeness (QED) is 0.746. The molecule has 4 heteroatoms. The van der Waals surface area contributed by atoms with E-state index in [9.17, 15) is 8.60 Å². The standard InChI is InChI=1S/C17H14FNOS/c18-16-10-14(19)8-9-17(16)21(20)11-13-6-3-5-12-4-1-2-7-15(12)13/h1-10H,11,19H2. The van der Waals surface area contributed by atoms with E-state index < -0.39 is 16.6 Å². The Labute approximate surface area is 124 Å². The highest BCUT2D eigenvalue weighted by Gasteiger charge is 2.12. The van der Waals surface area contributed by atoms with Gasteiger partial charge in [0.25, 0.3) is 0 Å². The average molecular weight is 299 g/mol. The smallest absolute Gasteiger partial charge is 0.141 e. The van der Waals surface area contributed by atoms with E-state index in [0.29, 0.717) is 5.69 Å². The van der Waals surface area contributed by atoms with Crippen molar-refractivity contribution in [3.63, 3.8) is 0 Å². The summed E-state index contributed by atoms with van der Waals surface area (Å²) in [6.07, 6.45) is 0. The molecule has 0 heterocycles. The van der Waals surface area contributed by atoms with Crippen LogP contribution in [0.3, 0.4) is 0 Å². The molecule has 0 amide bonds. The van der Waals surface area contributed by atoms with Crippen molar-refractivity contribution in [3.8, 4) is 0 Å². The third-order valence-electron chi connectivity index (χ3n) is 3.37. The van der Waals surface area contributed by atoms with E-state index in [2.05, 4.69) is 0 Å². The van der Waals surface area contributed by atoms with E-state index in [0.717, 1.165) is 16.3 Å². The molecule has 0 saturated heterocycles. The third kappa shape index (κ3) is 2.81. The van der Waals surface area contributed by atoms with Crippen LogP contribution in [-0.4, -0.2) is 4.21 Å². The summed E-state index contributed by atoms with van der Waals surface area (Å²) in [6, 6.07) is 18.0. The normalized spacial score (nSPS) is 12.4. The van der Waals surface area contributed by atoms with E-state index in [1.54, 1.807) is 6.07 Å². The van der Waals surface area contributed by atoms with Crippen LogP contribution in [0.1, 0.15) is 5.56 Å². The zero-order valence-corrected chi connectivity index (χ0v) is 12.1. The van der Waals surface area contributed by atoms with Crippen molar-refractivity contribution in [1.29, 1.82) is 0 Å². The molecule has 0 aliphatic rings. The van der Waals surface area contributed by atoms with Gasteiger partial charge in [-0.15, -0.1) is 0 Å². The van der Waals surface area contributed by atoms with E-state index in [-0.39, 0.29) is 10.6 Å². The van der Waals surface area contributed by atoms with Crippen molar-refractivity contribution in [2.45, 2.75) is 10.6 Å². The summed E-state index contributed by atoms with van der Waals surface area (Å²) in [5.74, 6) is -0.240. The van der Waals surface area contributed by atoms with Crippen LogP contribution in [0.25, 0.3) is 10.8 Å². The van der Waals surface area contributed by atoms with Crippen LogP contribution in [0, 0.1) is 5.82 Å². The van der Waals surface area contributed by atoms with E-state index in [1.165, 1.54) is 12.1 Å². The third-order valence-corrected chi connectivity index (χ3v) is 4.76. The Morgan fingerprint density at radius 2 is 1.76 bits per heavy atom. The Bertz CT molecular complexity index is 827. The van der Waals surface area contributed by atoms with E-state index >= 15 is 0 Å². The van der Waals surface area contributed by atoms with Crippen molar-refractivity contribution >= 4 is 27.3 Å². The fourth-order valence-electron chi connectivity index (χ4n) is 2.34. The summed E-state index contributed by atoms with van der Waals surface area (Å²) >= 11 is 0. The van der Waals surface area contributed by atoms with Crippen molar-refractivity contribution in [2.75, 3.05) is 5.73 Å². The van der Waals surface area contributed by atoms with Gasteiger partial charge in [-0.1, -0.05) is 42.5 Å². The Morgan fingerprint density at radius 3 is 2.57 bits per heavy atom. The first kappa shape index (κ1) is 13.8. The molecule has 0 aliphatic heterocycles. The van der Waals surface area contributed by atoms with Crippen LogP contribution >= 0.6 is 0 Å². The molecule has 3 aromatic rings. The Balaban J connectivity index is 1.97. The Kier molecular flexibility index (Phi) is 3.71. The first-order valence-electron chi connectivity index (χ1n) is 6.55. The summed E-state index contributed by atoms with van der Waals surface area (Å²) < 4.78 is 26.3. The SMILES string of the molecule is Nc1ccc(S(=O)Cc2cccc3ccccc23)c(F)c1. The summed E-state index contributed by atoms with van der Waals surface area (Å²) in [5.41, 5.74) is 6.79. The monoisotopic (exact) mass is 299 g/mol. The highest BCUT2D eigenvalue weighted by molar-refractivity contribution is 7.84. The molecule has 2 nitrogen and oxygen atoms in total. The van der Waals surface area contributed by atoms with Crippen molar-refractivity contribution in [2.24, 2.45) is 0 Å². The number of nitrogens with two attached hydrogens (primary N) is 1. The molecule has 3 rings (SSSR count). The van der Waals surface area contributed by atoms with E-state index in [4.69, 9.17) is 5.73 Å². The van der Waals surface area contributed by atoms with Gasteiger partial charge in [0.2, 0.25) is 0 Å². The second kappa shape index (κ2) is 5.66. The molecule has 1 atom stereocenters. The average Bonchev–Trinajstić information content (AvgIpc) is 2.47. The highest BCUT2D eigenvalue weighted by atomic mass is 32.2. The first-order chi connectivity index (χ1) is 10.1. The molecule has 3 aromatic carbocycles. The maximum absolute atomic E-state index is 13.8. The fraction of sp³-hybridized carbons (Fsp3) is 0.0588. The van der Waals surface area contributed by atoms with Gasteiger partial charge in [0, 0.05) is 5.69 Å². The van der Waals surface area contributed by atoms with Gasteiger partial charge in [-0.3, -0.25) is 4.21 Å². The van der Waals surface area contributed by atoms with Gasteiger partial charge in [0.1, 0.15) is 5.82 Å². The summed E-state index contributed by atoms with van der Waals surface area (Å²) in [6.45, 7) is 0. The maximum atomic E-state index is 13.8. The zero-order valence-electron chi connectivity index (χ0n) is 11.3. The van der Waals surface area contributed by atoms with Crippen molar-refractivity contribution < 1.29 is 8.60 Å². The van der Waals surface area contributed by atoms with Gasteiger partial charge in [-0.25, -0.2) is 4.39 Å². The second-order valence-corrected chi connectivity index (χ2v) is 6.24. The lowest BCUT2D eigenvalue weighted by Gasteiger charge is -2.08. The zero-order chi connectivity index (χ0) is 14.8. The Morgan fingerprint density at radius 1 is 1.00 bits per heavy atom. The molecular formula is C17H14FNOS. The molecule has 0 aromatic heterocycles. The van der Waals surface area contributed by atoms with Crippen LogP contribution in [0.15, 0.2) is 65.6 Å². The number of nitrogen functional groups attached to an aromatic ring is 1. The molecule has 21 heavy (non-hydrogen) atoms. The number of halogens is 1. The predicted molar refractivity (Wildman–Crippen MR) is 84.9 cm³/mol. The molecule has 0 radical (unpaired) electrons. The summed E-state index contributed by atoms with van der Waals surface area (Å²) in [5, 5.41) is 2.13. The van der Waals surface area contributed by atoms with Gasteiger partial charge in [-0.2, -0.15) is 0 Å². The van der Waals surface area contributed by atoms with Crippen LogP contribution in [0.4, 0.5) is 10.1 Å². The number of anilines is 1. The minimum absolute atomic E-state index is 0.192. The van der Waals surface area contributed by atoms with Crippen molar-refractivity contribution in [3.05, 3.63) is 72.0 Å². The molecule has 2 N–H and O–H groups in total. The number of hydrogen-bond donors (Lipinski definition) is 1. The van der Waals surface area contributed by atoms with Gasteiger partial charge in [-0.05, 0) is 34.5 Å². The number of rotatable bonds is 3. The lowest BCUT2D eigenvalue weighted by Crippen LogP contribution is -2.01. The second-order valence-electron chi connectivity index (χ2n) is 4.82. The minimum atomic E-state index is -1.44. The molecule has 0 spiro atoms. The molecule has 0 bridgehead atoms. The number of benzene rings is 3. The maximum Gasteiger partial charge on any atom is 0.141 e. The highest BCUT2D eigenvalue weighted by Crippen LogP contribution is 2.23. The van der Waals surface area contributed by atoms with Gasteiger partial charge >= 0.3 is 0 Å². The van der Waals surface area contributed by atoms with Crippen LogP contribution < -0.4 is 5.73 Å². The van der Waals surface area contributed by atoms with Crippen LogP contribution in [0.5, 0.6) is 0 Å². The van der Waals surface area contributed by atoms with Crippen molar-refractivity contribution in [1.82, 2.24) is 0 Å². The topological polar surface area (TPSA) is 43.1 Å². The van der Waals surface area contributed by atoms with Gasteiger partial charge in [0.05, 0.1) is 21.4 Å². The minimum Gasteiger partial charge on any atom is -0.399 e. The molecule has 0 aliphatic carbocycles. The number of hydrogen-bond acceptors (Lipinski definition) is 2. The molecule has 106 valence electrons. The summed E-state index contributed by atoms with van der Waals surface area (Å²) in [4.78, 5) is 0.192. The summed E-state index contributed by atoms with van der Waals surface area (Å²) in [7, 11) is -1.44. The van der Waals surface area contributed by atoms with E-state index in [1.807, 2.05) is 42.5 Å². The molecule has 0 fully saturated rings. The van der Waals surface area contributed by atoms with Crippen LogP contribution in [0.2, 0.25) is 0 Å². The first-order valence-corrected chi connectivity index (χ1v) is 7.87. The van der Waals surface area contributed by atoms with Crippen LogP contribution in [-0.2, 0) is 16.6 Å². The fourth-order valence-corrected chi connectivity index (χ4v) is 3.53. The lowest BCUT2D eigenvalue weighted by atomic mass is 10.1. The Hall–Kier alpha value is -2.20. The predicted octanol–water partition coefficient (Wildman–Crippen LogP) is 3.87.